The number of halogens is 1. The van der Waals surface area contributed by atoms with Crippen molar-refractivity contribution in [2.75, 3.05) is 0 Å². The average molecular weight is 407 g/mol. The fraction of sp³-hybridized carbons (Fsp3) is 0.133. The van der Waals surface area contributed by atoms with Gasteiger partial charge in [0.15, 0.2) is 0 Å². The molecular formula is C15H11ClN6O4S. The molecule has 0 bridgehead atoms. The van der Waals surface area contributed by atoms with Gasteiger partial charge in [-0.2, -0.15) is 4.68 Å². The van der Waals surface area contributed by atoms with Crippen molar-refractivity contribution in [1.29, 1.82) is 0 Å². The summed E-state index contributed by atoms with van der Waals surface area (Å²) in [4.78, 5) is 21.1. The van der Waals surface area contributed by atoms with Crippen molar-refractivity contribution in [2.24, 2.45) is 0 Å². The number of nitrogens with zero attached hydrogens (tertiary/aromatic N) is 6. The van der Waals surface area contributed by atoms with Crippen molar-refractivity contribution in [3.8, 4) is 5.69 Å². The number of benzene rings is 2. The molecule has 27 heavy (non-hydrogen) atoms. The third-order valence-corrected chi connectivity index (χ3v) is 4.93. The Hall–Kier alpha value is -3.05. The zero-order chi connectivity index (χ0) is 19.6. The molecule has 0 N–H and O–H groups in total. The molecule has 1 aromatic heterocycles. The minimum atomic E-state index is -0.631. The van der Waals surface area contributed by atoms with Crippen LogP contribution < -0.4 is 0 Å². The molecule has 0 fully saturated rings. The molecule has 0 saturated heterocycles. The SMILES string of the molecule is Cc1c([N+](=O)[O-])cc(CSc2nnnn2-c2ccc(Cl)cc2)cc1[N+](=O)[O-]. The number of nitro groups is 2. The summed E-state index contributed by atoms with van der Waals surface area (Å²) in [5, 5.41) is 34.8. The predicted octanol–water partition coefficient (Wildman–Crippen LogP) is 3.73. The molecule has 1 heterocycles. The highest BCUT2D eigenvalue weighted by atomic mass is 35.5. The number of aromatic nitrogens is 4. The lowest BCUT2D eigenvalue weighted by molar-refractivity contribution is -0.395. The van der Waals surface area contributed by atoms with E-state index < -0.39 is 9.85 Å². The number of hydrogen-bond donors (Lipinski definition) is 0. The zero-order valence-corrected chi connectivity index (χ0v) is 15.3. The number of rotatable bonds is 6. The largest absolute Gasteiger partial charge is 0.279 e. The maximum atomic E-state index is 11.2. The van der Waals surface area contributed by atoms with Gasteiger partial charge in [-0.25, -0.2) is 0 Å². The molecule has 10 nitrogen and oxygen atoms in total. The van der Waals surface area contributed by atoms with E-state index in [2.05, 4.69) is 15.5 Å². The van der Waals surface area contributed by atoms with Crippen LogP contribution in [0.5, 0.6) is 0 Å². The Labute approximate surface area is 161 Å². The van der Waals surface area contributed by atoms with E-state index in [-0.39, 0.29) is 22.7 Å². The normalized spacial score (nSPS) is 10.7. The molecule has 0 unspecified atom stereocenters. The number of tetrazole rings is 1. The molecule has 0 atom stereocenters. The van der Waals surface area contributed by atoms with Crippen LogP contribution in [0.2, 0.25) is 5.02 Å². The van der Waals surface area contributed by atoms with Gasteiger partial charge >= 0.3 is 0 Å². The summed E-state index contributed by atoms with van der Waals surface area (Å²) < 4.78 is 1.48. The lowest BCUT2D eigenvalue weighted by Crippen LogP contribution is -2.01. The number of hydrogen-bond acceptors (Lipinski definition) is 8. The molecule has 3 rings (SSSR count). The van der Waals surface area contributed by atoms with Crippen LogP contribution in [0.25, 0.3) is 5.69 Å². The first-order valence-electron chi connectivity index (χ1n) is 7.46. The molecule has 138 valence electrons. The van der Waals surface area contributed by atoms with Crippen LogP contribution in [-0.2, 0) is 5.75 Å². The van der Waals surface area contributed by atoms with Crippen molar-refractivity contribution >= 4 is 34.7 Å². The van der Waals surface area contributed by atoms with E-state index in [1.807, 2.05) is 0 Å². The van der Waals surface area contributed by atoms with Crippen LogP contribution >= 0.6 is 23.4 Å². The van der Waals surface area contributed by atoms with Gasteiger partial charge in [0.05, 0.1) is 15.5 Å². The molecule has 0 saturated carbocycles. The first-order chi connectivity index (χ1) is 12.9. The van der Waals surface area contributed by atoms with Crippen LogP contribution in [-0.4, -0.2) is 30.1 Å². The summed E-state index contributed by atoms with van der Waals surface area (Å²) >= 11 is 7.07. The molecule has 0 aliphatic rings. The molecule has 2 aromatic carbocycles. The van der Waals surface area contributed by atoms with Crippen LogP contribution in [0, 0.1) is 27.2 Å². The van der Waals surface area contributed by atoms with Gasteiger partial charge in [0.1, 0.15) is 5.56 Å². The maximum absolute atomic E-state index is 11.2. The third-order valence-electron chi connectivity index (χ3n) is 3.69. The maximum Gasteiger partial charge on any atom is 0.279 e. The van der Waals surface area contributed by atoms with Crippen molar-refractivity contribution in [3.63, 3.8) is 0 Å². The van der Waals surface area contributed by atoms with Crippen molar-refractivity contribution in [2.45, 2.75) is 17.8 Å². The lowest BCUT2D eigenvalue weighted by Gasteiger charge is -2.06. The lowest BCUT2D eigenvalue weighted by atomic mass is 10.1. The average Bonchev–Trinajstić information content (AvgIpc) is 3.09. The summed E-state index contributed by atoms with van der Waals surface area (Å²) in [5.74, 6) is 0.218. The monoisotopic (exact) mass is 406 g/mol. The van der Waals surface area contributed by atoms with Crippen molar-refractivity contribution in [1.82, 2.24) is 20.2 Å². The summed E-state index contributed by atoms with van der Waals surface area (Å²) in [6.45, 7) is 1.36. The molecule has 12 heteroatoms. The summed E-state index contributed by atoms with van der Waals surface area (Å²) in [7, 11) is 0. The van der Waals surface area contributed by atoms with Gasteiger partial charge in [0.25, 0.3) is 11.4 Å². The van der Waals surface area contributed by atoms with Crippen molar-refractivity contribution in [3.05, 3.63) is 72.8 Å². The second-order valence-corrected chi connectivity index (χ2v) is 6.79. The number of thioether (sulfide) groups is 1. The molecule has 0 aliphatic heterocycles. The molecule has 0 aliphatic carbocycles. The Morgan fingerprint density at radius 2 is 1.70 bits per heavy atom. The second-order valence-electron chi connectivity index (χ2n) is 5.41. The van der Waals surface area contributed by atoms with Gasteiger partial charge in [-0.05, 0) is 47.2 Å². The van der Waals surface area contributed by atoms with Gasteiger partial charge < -0.3 is 0 Å². The van der Waals surface area contributed by atoms with Gasteiger partial charge in [-0.15, -0.1) is 5.10 Å². The highest BCUT2D eigenvalue weighted by molar-refractivity contribution is 7.98. The zero-order valence-electron chi connectivity index (χ0n) is 13.8. The number of nitro benzene ring substituents is 2. The van der Waals surface area contributed by atoms with Crippen LogP contribution in [0.15, 0.2) is 41.6 Å². The van der Waals surface area contributed by atoms with Crippen LogP contribution in [0.4, 0.5) is 11.4 Å². The fourth-order valence-corrected chi connectivity index (χ4v) is 3.31. The van der Waals surface area contributed by atoms with Gasteiger partial charge in [0, 0.05) is 22.9 Å². The molecule has 3 aromatic rings. The van der Waals surface area contributed by atoms with E-state index >= 15 is 0 Å². The van der Waals surface area contributed by atoms with E-state index in [9.17, 15) is 20.2 Å². The van der Waals surface area contributed by atoms with E-state index in [4.69, 9.17) is 11.6 Å². The predicted molar refractivity (Wildman–Crippen MR) is 98.2 cm³/mol. The molecule has 0 amide bonds. The van der Waals surface area contributed by atoms with E-state index in [0.29, 0.717) is 21.4 Å². The Bertz CT molecular complexity index is 988. The highest BCUT2D eigenvalue weighted by Gasteiger charge is 2.23. The summed E-state index contributed by atoms with van der Waals surface area (Å²) in [6, 6.07) is 9.52. The van der Waals surface area contributed by atoms with E-state index in [0.717, 1.165) is 0 Å². The van der Waals surface area contributed by atoms with E-state index in [1.165, 1.54) is 35.5 Å². The van der Waals surface area contributed by atoms with Gasteiger partial charge in [-0.1, -0.05) is 23.4 Å². The Kier molecular flexibility index (Phi) is 5.33. The quantitative estimate of drug-likeness (QED) is 0.343. The highest BCUT2D eigenvalue weighted by Crippen LogP contribution is 2.32. The molecule has 0 radical (unpaired) electrons. The minimum absolute atomic E-state index is 0.0183. The smallest absolute Gasteiger partial charge is 0.258 e. The van der Waals surface area contributed by atoms with Crippen molar-refractivity contribution < 1.29 is 9.85 Å². The van der Waals surface area contributed by atoms with Gasteiger partial charge in [-0.3, -0.25) is 20.2 Å². The minimum Gasteiger partial charge on any atom is -0.258 e. The van der Waals surface area contributed by atoms with Crippen LogP contribution in [0.3, 0.4) is 0 Å². The van der Waals surface area contributed by atoms with Crippen LogP contribution in [0.1, 0.15) is 11.1 Å². The molecular weight excluding hydrogens is 396 g/mol. The summed E-state index contributed by atoms with van der Waals surface area (Å²) in [5.41, 5.74) is 0.543. The fourth-order valence-electron chi connectivity index (χ4n) is 2.36. The molecule has 0 spiro atoms. The first kappa shape index (κ1) is 18.7. The van der Waals surface area contributed by atoms with E-state index in [1.54, 1.807) is 24.3 Å². The summed E-state index contributed by atoms with van der Waals surface area (Å²) in [6.07, 6.45) is 0. The Morgan fingerprint density at radius 3 is 2.26 bits per heavy atom. The Morgan fingerprint density at radius 1 is 1.11 bits per heavy atom. The standard InChI is InChI=1S/C15H11ClN6O4S/c1-9-13(21(23)24)6-10(7-14(9)22(25)26)8-27-15-17-18-19-20(15)12-4-2-11(16)3-5-12/h2-7H,8H2,1H3. The topological polar surface area (TPSA) is 130 Å². The third kappa shape index (κ3) is 4.04. The first-order valence-corrected chi connectivity index (χ1v) is 8.82. The Balaban J connectivity index is 1.88. The second kappa shape index (κ2) is 7.68. The van der Waals surface area contributed by atoms with Gasteiger partial charge in [0.2, 0.25) is 5.16 Å².